The van der Waals surface area contributed by atoms with Crippen molar-refractivity contribution in [1.29, 1.82) is 5.41 Å². The molecule has 4 N–H and O–H groups in total. The van der Waals surface area contributed by atoms with E-state index in [9.17, 15) is 8.42 Å². The molecule has 1 aromatic carbocycles. The minimum Gasteiger partial charge on any atom is -0.398 e. The van der Waals surface area contributed by atoms with Crippen LogP contribution >= 0.6 is 11.3 Å². The highest BCUT2D eigenvalue weighted by Gasteiger charge is 2.22. The topological polar surface area (TPSA) is 134 Å². The fourth-order valence-electron chi connectivity index (χ4n) is 3.44. The second-order valence-corrected chi connectivity index (χ2v) is 11.2. The zero-order valence-electron chi connectivity index (χ0n) is 18.0. The summed E-state index contributed by atoms with van der Waals surface area (Å²) in [4.78, 5) is 12.6. The summed E-state index contributed by atoms with van der Waals surface area (Å²) in [5.74, 6) is 1.27. The van der Waals surface area contributed by atoms with E-state index in [2.05, 4.69) is 9.62 Å². The molecule has 0 spiro atoms. The van der Waals surface area contributed by atoms with Gasteiger partial charge in [0.2, 0.25) is 10.0 Å². The van der Waals surface area contributed by atoms with Gasteiger partial charge in [0.05, 0.1) is 28.7 Å². The first-order valence-electron chi connectivity index (χ1n) is 10.3. The Hall–Kier alpha value is -2.60. The highest BCUT2D eigenvalue weighted by atomic mass is 32.2. The minimum absolute atomic E-state index is 0.198. The molecule has 0 aliphatic carbocycles. The van der Waals surface area contributed by atoms with Gasteiger partial charge in [0.15, 0.2) is 11.6 Å². The van der Waals surface area contributed by atoms with E-state index in [1.807, 2.05) is 18.2 Å². The molecule has 1 fully saturated rings. The Kier molecular flexibility index (Phi) is 6.42. The molecular weight excluding hydrogens is 448 g/mol. The van der Waals surface area contributed by atoms with Crippen molar-refractivity contribution in [3.05, 3.63) is 34.7 Å². The van der Waals surface area contributed by atoms with Crippen LogP contribution in [0.1, 0.15) is 24.3 Å². The number of nitrogens with one attached hydrogen (secondary N) is 2. The Morgan fingerprint density at radius 1 is 1.31 bits per heavy atom. The number of aromatic nitrogens is 2. The third-order valence-corrected chi connectivity index (χ3v) is 8.22. The van der Waals surface area contributed by atoms with Crippen molar-refractivity contribution >= 4 is 49.3 Å². The number of morpholine rings is 1. The Bertz CT molecular complexity index is 1250. The number of nitrogens with two attached hydrogens (primary N) is 1. The Labute approximate surface area is 191 Å². The van der Waals surface area contributed by atoms with Gasteiger partial charge in [-0.15, -0.1) is 11.3 Å². The van der Waals surface area contributed by atoms with Crippen LogP contribution in [-0.4, -0.2) is 56.2 Å². The molecule has 3 heterocycles. The van der Waals surface area contributed by atoms with Gasteiger partial charge in [-0.05, 0) is 26.0 Å². The van der Waals surface area contributed by atoms with Gasteiger partial charge in [-0.3, -0.25) is 0 Å². The van der Waals surface area contributed by atoms with Crippen LogP contribution < -0.4 is 15.4 Å². The third kappa shape index (κ3) is 4.46. The SMILES string of the molecule is CC(C)S(=O)(=O)NCc1cc2nc(-c3cccc(N)c3C=N)nc(N3CCOCC3)c2s1. The van der Waals surface area contributed by atoms with E-state index >= 15 is 0 Å². The summed E-state index contributed by atoms with van der Waals surface area (Å²) < 4.78 is 33.4. The maximum absolute atomic E-state index is 12.2. The molecule has 0 bridgehead atoms. The second-order valence-electron chi connectivity index (χ2n) is 7.77. The van der Waals surface area contributed by atoms with Crippen molar-refractivity contribution in [3.63, 3.8) is 0 Å². The second kappa shape index (κ2) is 9.10. The minimum atomic E-state index is -3.37. The van der Waals surface area contributed by atoms with E-state index in [4.69, 9.17) is 25.8 Å². The quantitative estimate of drug-likeness (QED) is 0.354. The molecule has 4 rings (SSSR count). The fourth-order valence-corrected chi connectivity index (χ4v) is 5.27. The molecule has 0 atom stereocenters. The van der Waals surface area contributed by atoms with E-state index in [1.54, 1.807) is 19.9 Å². The first-order valence-corrected chi connectivity index (χ1v) is 12.7. The van der Waals surface area contributed by atoms with Crippen LogP contribution in [0.15, 0.2) is 24.3 Å². The number of hydrogen-bond acceptors (Lipinski definition) is 9. The monoisotopic (exact) mass is 474 g/mol. The van der Waals surface area contributed by atoms with E-state index in [0.29, 0.717) is 48.9 Å². The summed E-state index contributed by atoms with van der Waals surface area (Å²) in [7, 11) is -3.37. The van der Waals surface area contributed by atoms with Gasteiger partial charge < -0.3 is 20.8 Å². The normalized spacial score (nSPS) is 14.9. The first kappa shape index (κ1) is 22.6. The van der Waals surface area contributed by atoms with Gasteiger partial charge in [-0.1, -0.05) is 12.1 Å². The van der Waals surface area contributed by atoms with Gasteiger partial charge in [-0.25, -0.2) is 23.1 Å². The number of nitrogen functional groups attached to an aromatic ring is 1. The molecule has 170 valence electrons. The molecular formula is C21H26N6O3S2. The Morgan fingerprint density at radius 2 is 2.06 bits per heavy atom. The number of ether oxygens (including phenoxy) is 1. The standard InChI is InChI=1S/C21H26N6O3S2/c1-13(2)32(28,29)24-12-14-10-18-19(31-14)21(27-6-8-30-9-7-27)26-20(25-18)15-4-3-5-17(23)16(15)11-22/h3-5,10-11,13,22,24H,6-9,12,23H2,1-2H3. The summed E-state index contributed by atoms with van der Waals surface area (Å²) in [6.45, 7) is 6.11. The molecule has 0 saturated carbocycles. The van der Waals surface area contributed by atoms with Crippen LogP contribution in [0, 0.1) is 5.41 Å². The van der Waals surface area contributed by atoms with Crippen molar-refractivity contribution in [2.75, 3.05) is 36.9 Å². The average Bonchev–Trinajstić information content (AvgIpc) is 3.20. The predicted molar refractivity (Wildman–Crippen MR) is 129 cm³/mol. The molecule has 1 aliphatic heterocycles. The smallest absolute Gasteiger partial charge is 0.214 e. The van der Waals surface area contributed by atoms with Crippen LogP contribution in [0.3, 0.4) is 0 Å². The molecule has 3 aromatic rings. The molecule has 2 aromatic heterocycles. The number of benzene rings is 1. The third-order valence-electron chi connectivity index (χ3n) is 5.31. The van der Waals surface area contributed by atoms with Crippen molar-refractivity contribution in [2.45, 2.75) is 25.6 Å². The van der Waals surface area contributed by atoms with Gasteiger partial charge in [0, 0.05) is 47.5 Å². The van der Waals surface area contributed by atoms with Crippen LogP contribution in [0.2, 0.25) is 0 Å². The number of anilines is 2. The van der Waals surface area contributed by atoms with E-state index in [-0.39, 0.29) is 6.54 Å². The summed E-state index contributed by atoms with van der Waals surface area (Å²) in [5, 5.41) is 7.28. The fraction of sp³-hybridized carbons (Fsp3) is 0.381. The van der Waals surface area contributed by atoms with Crippen LogP contribution in [0.4, 0.5) is 11.5 Å². The number of sulfonamides is 1. The summed E-state index contributed by atoms with van der Waals surface area (Å²) in [5.41, 5.74) is 8.55. The number of thiophene rings is 1. The molecule has 11 heteroatoms. The van der Waals surface area contributed by atoms with Crippen LogP contribution in [0.5, 0.6) is 0 Å². The van der Waals surface area contributed by atoms with Gasteiger partial charge in [0.1, 0.15) is 0 Å². The highest BCUT2D eigenvalue weighted by Crippen LogP contribution is 2.35. The van der Waals surface area contributed by atoms with Gasteiger partial charge >= 0.3 is 0 Å². The maximum atomic E-state index is 12.2. The zero-order chi connectivity index (χ0) is 22.9. The van der Waals surface area contributed by atoms with Crippen molar-refractivity contribution < 1.29 is 13.2 Å². The van der Waals surface area contributed by atoms with Gasteiger partial charge in [-0.2, -0.15) is 0 Å². The maximum Gasteiger partial charge on any atom is 0.214 e. The van der Waals surface area contributed by atoms with E-state index in [1.165, 1.54) is 17.6 Å². The molecule has 32 heavy (non-hydrogen) atoms. The van der Waals surface area contributed by atoms with Gasteiger partial charge in [0.25, 0.3) is 0 Å². The van der Waals surface area contributed by atoms with Crippen molar-refractivity contribution in [2.24, 2.45) is 0 Å². The molecule has 1 saturated heterocycles. The number of rotatable bonds is 7. The first-order chi connectivity index (χ1) is 15.3. The summed E-state index contributed by atoms with van der Waals surface area (Å²) in [6, 6.07) is 7.31. The largest absolute Gasteiger partial charge is 0.398 e. The molecule has 9 nitrogen and oxygen atoms in total. The molecule has 0 unspecified atom stereocenters. The predicted octanol–water partition coefficient (Wildman–Crippen LogP) is 2.60. The number of nitrogens with zero attached hydrogens (tertiary/aromatic N) is 3. The number of fused-ring (bicyclic) bond motifs is 1. The molecule has 0 amide bonds. The van der Waals surface area contributed by atoms with Crippen molar-refractivity contribution in [3.8, 4) is 11.4 Å². The van der Waals surface area contributed by atoms with Crippen LogP contribution in [-0.2, 0) is 21.3 Å². The van der Waals surface area contributed by atoms with E-state index < -0.39 is 15.3 Å². The van der Waals surface area contributed by atoms with E-state index in [0.717, 1.165) is 20.9 Å². The Morgan fingerprint density at radius 3 is 2.75 bits per heavy atom. The lowest BCUT2D eigenvalue weighted by atomic mass is 10.1. The Balaban J connectivity index is 1.81. The molecule has 1 aliphatic rings. The summed E-state index contributed by atoms with van der Waals surface area (Å²) >= 11 is 1.48. The van der Waals surface area contributed by atoms with Crippen molar-refractivity contribution in [1.82, 2.24) is 14.7 Å². The zero-order valence-corrected chi connectivity index (χ0v) is 19.6. The highest BCUT2D eigenvalue weighted by molar-refractivity contribution is 7.90. The lowest BCUT2D eigenvalue weighted by Crippen LogP contribution is -2.36. The van der Waals surface area contributed by atoms with Crippen LogP contribution in [0.25, 0.3) is 21.6 Å². The number of hydrogen-bond donors (Lipinski definition) is 3. The lowest BCUT2D eigenvalue weighted by molar-refractivity contribution is 0.122. The lowest BCUT2D eigenvalue weighted by Gasteiger charge is -2.28. The summed E-state index contributed by atoms with van der Waals surface area (Å²) in [6.07, 6.45) is 1.21. The molecule has 0 radical (unpaired) electrons. The average molecular weight is 475 g/mol.